The van der Waals surface area contributed by atoms with Gasteiger partial charge in [-0.3, -0.25) is 4.48 Å². The van der Waals surface area contributed by atoms with E-state index < -0.39 is 7.04 Å². The fourth-order valence-electron chi connectivity index (χ4n) is 6.69. The summed E-state index contributed by atoms with van der Waals surface area (Å²) in [4.78, 5) is 4.87. The van der Waals surface area contributed by atoms with Gasteiger partial charge in [0.15, 0.2) is 5.58 Å². The van der Waals surface area contributed by atoms with Gasteiger partial charge < -0.3 is 27.5 Å². The molecule has 0 amide bonds. The van der Waals surface area contributed by atoms with Gasteiger partial charge in [-0.15, -0.1) is 0 Å². The van der Waals surface area contributed by atoms with Crippen LogP contribution in [0.15, 0.2) is 89.3 Å². The first-order chi connectivity index (χ1) is 25.8. The molecule has 5 aromatic rings. The van der Waals surface area contributed by atoms with Gasteiger partial charge in [0.1, 0.15) is 11.3 Å². The summed E-state index contributed by atoms with van der Waals surface area (Å²) >= 11 is 0. The van der Waals surface area contributed by atoms with E-state index in [4.69, 9.17) is 9.07 Å². The highest BCUT2D eigenvalue weighted by atomic mass is 19.3. The van der Waals surface area contributed by atoms with Crippen molar-refractivity contribution in [1.82, 2.24) is 0 Å². The van der Waals surface area contributed by atoms with Gasteiger partial charge in [-0.1, -0.05) is 89.2 Å². The fourth-order valence-corrected chi connectivity index (χ4v) is 6.69. The van der Waals surface area contributed by atoms with E-state index in [-0.39, 0.29) is 17.2 Å². The number of hydrogen-bond acceptors (Lipinski definition) is 4. The Bertz CT molecular complexity index is 2110. The number of rotatable bonds is 14. The SMILES string of the molecule is CCCCN(CCCC)c1ccc(C#Cc2cc(C#Cc3ccc(N(CCCC)CCCC)cc3)c3c(c2)-c2oc4ccccc4[n+]2[B-](F)(F)O3)cc1. The van der Waals surface area contributed by atoms with Crippen molar-refractivity contribution in [3.05, 3.63) is 107 Å². The number of anilines is 2. The molecule has 0 unspecified atom stereocenters. The normalized spacial score (nSPS) is 12.5. The van der Waals surface area contributed by atoms with Crippen molar-refractivity contribution in [3.63, 3.8) is 0 Å². The van der Waals surface area contributed by atoms with E-state index in [0.29, 0.717) is 22.3 Å². The number of aromatic nitrogens is 1. The van der Waals surface area contributed by atoms with Crippen molar-refractivity contribution in [2.24, 2.45) is 0 Å². The Kier molecular flexibility index (Phi) is 12.4. The second-order valence-corrected chi connectivity index (χ2v) is 13.8. The van der Waals surface area contributed by atoms with E-state index in [1.165, 1.54) is 5.69 Å². The van der Waals surface area contributed by atoms with Gasteiger partial charge in [0.05, 0.1) is 5.56 Å². The molecule has 1 aromatic heterocycles. The van der Waals surface area contributed by atoms with Crippen LogP contribution in [0.2, 0.25) is 0 Å². The number of halogens is 2. The monoisotopic (exact) mass is 713 g/mol. The molecule has 1 aliphatic heterocycles. The largest absolute Gasteiger partial charge is 0.837 e. The summed E-state index contributed by atoms with van der Waals surface area (Å²) in [6.07, 6.45) is 9.15. The number of benzene rings is 4. The van der Waals surface area contributed by atoms with Crippen LogP contribution < -0.4 is 18.9 Å². The molecule has 0 fully saturated rings. The predicted octanol–water partition coefficient (Wildman–Crippen LogP) is 10.6. The average Bonchev–Trinajstić information content (AvgIpc) is 3.59. The van der Waals surface area contributed by atoms with Crippen LogP contribution in [0.1, 0.15) is 101 Å². The van der Waals surface area contributed by atoms with Gasteiger partial charge in [-0.2, -0.15) is 0 Å². The first-order valence-electron chi connectivity index (χ1n) is 19.4. The number of unbranched alkanes of at least 4 members (excludes halogenated alkanes) is 4. The van der Waals surface area contributed by atoms with Crippen LogP contribution in [0.4, 0.5) is 20.0 Å². The van der Waals surface area contributed by atoms with Crippen LogP contribution in [0.3, 0.4) is 0 Å². The highest BCUT2D eigenvalue weighted by Crippen LogP contribution is 2.40. The number of para-hydroxylation sites is 2. The van der Waals surface area contributed by atoms with E-state index in [9.17, 15) is 0 Å². The number of oxazole rings is 1. The lowest BCUT2D eigenvalue weighted by molar-refractivity contribution is -0.546. The van der Waals surface area contributed by atoms with Crippen LogP contribution in [0, 0.1) is 23.7 Å². The Balaban J connectivity index is 1.37. The summed E-state index contributed by atoms with van der Waals surface area (Å²) in [5.41, 5.74) is 5.96. The summed E-state index contributed by atoms with van der Waals surface area (Å²) < 4.78 is 44.2. The molecule has 0 saturated carbocycles. The van der Waals surface area contributed by atoms with Crippen molar-refractivity contribution in [2.75, 3.05) is 36.0 Å². The first-order valence-corrected chi connectivity index (χ1v) is 19.4. The van der Waals surface area contributed by atoms with Gasteiger partial charge in [0, 0.05) is 60.3 Å². The number of hydrogen-bond donors (Lipinski definition) is 0. The highest BCUT2D eigenvalue weighted by molar-refractivity contribution is 6.51. The molecule has 0 aliphatic carbocycles. The maximum atomic E-state index is 15.8. The second kappa shape index (κ2) is 17.5. The predicted molar refractivity (Wildman–Crippen MR) is 215 cm³/mol. The molecule has 53 heavy (non-hydrogen) atoms. The Hall–Kier alpha value is -5.21. The zero-order chi connectivity index (χ0) is 37.2. The van der Waals surface area contributed by atoms with Crippen LogP contribution in [-0.4, -0.2) is 33.2 Å². The molecule has 0 bridgehead atoms. The molecule has 0 radical (unpaired) electrons. The molecule has 1 aliphatic rings. The lowest BCUT2D eigenvalue weighted by Gasteiger charge is -2.27. The summed E-state index contributed by atoms with van der Waals surface area (Å²) in [5, 5.41) is 0. The molecule has 0 saturated heterocycles. The van der Waals surface area contributed by atoms with Gasteiger partial charge >= 0.3 is 12.9 Å². The minimum Gasteiger partial charge on any atom is -0.598 e. The van der Waals surface area contributed by atoms with Gasteiger partial charge in [-0.25, -0.2) is 0 Å². The molecule has 8 heteroatoms. The molecule has 2 heterocycles. The third-order valence-corrected chi connectivity index (χ3v) is 9.71. The molecule has 6 rings (SSSR count). The van der Waals surface area contributed by atoms with E-state index in [2.05, 4.69) is 85.4 Å². The molecule has 5 nitrogen and oxygen atoms in total. The highest BCUT2D eigenvalue weighted by Gasteiger charge is 2.54. The van der Waals surface area contributed by atoms with Gasteiger partial charge in [0.2, 0.25) is 5.52 Å². The Morgan fingerprint density at radius 2 is 1.09 bits per heavy atom. The first kappa shape index (κ1) is 37.5. The topological polar surface area (TPSA) is 32.7 Å². The summed E-state index contributed by atoms with van der Waals surface area (Å²) in [5.74, 6) is 13.0. The molecular formula is C45H50BF2N3O2. The Morgan fingerprint density at radius 1 is 0.604 bits per heavy atom. The lowest BCUT2D eigenvalue weighted by atomic mass is 9.95. The maximum Gasteiger partial charge on any atom is 0.837 e. The van der Waals surface area contributed by atoms with Crippen molar-refractivity contribution in [2.45, 2.75) is 79.1 Å². The van der Waals surface area contributed by atoms with Gasteiger partial charge in [-0.05, 0) is 92.4 Å². The van der Waals surface area contributed by atoms with Crippen LogP contribution >= 0.6 is 0 Å². The molecule has 0 N–H and O–H groups in total. The standard InChI is InChI=1S/C45H50BF2N3O2/c1-5-9-29-49(30-10-6-2)39-25-20-35(21-26-39)17-18-37-33-38(24-19-36-22-27-40(28-23-36)50(31-11-7-3)32-12-8-4)44-41(34-37)45-51(46(47,48)53-44)42-15-13-14-16-43(42)52-45/h13-16,20-23,25-28,33-34H,5-12,29-32H2,1-4H3. The number of fused-ring (bicyclic) bond motifs is 5. The minimum absolute atomic E-state index is 0.00219. The zero-order valence-electron chi connectivity index (χ0n) is 31.6. The van der Waals surface area contributed by atoms with Crippen molar-refractivity contribution < 1.29 is 22.2 Å². The molecular weight excluding hydrogens is 663 g/mol. The van der Waals surface area contributed by atoms with E-state index in [1.54, 1.807) is 36.4 Å². The van der Waals surface area contributed by atoms with Gasteiger partial charge in [0.25, 0.3) is 0 Å². The Labute approximate surface area is 314 Å². The molecule has 274 valence electrons. The number of nitrogens with zero attached hydrogens (tertiary/aromatic N) is 3. The summed E-state index contributed by atoms with van der Waals surface area (Å²) in [6.45, 7) is 12.9. The van der Waals surface area contributed by atoms with Crippen molar-refractivity contribution in [3.8, 4) is 40.9 Å². The summed E-state index contributed by atoms with van der Waals surface area (Å²) in [6, 6.07) is 26.8. The average molecular weight is 714 g/mol. The molecule has 0 spiro atoms. The molecule has 0 atom stereocenters. The zero-order valence-corrected chi connectivity index (χ0v) is 31.6. The van der Waals surface area contributed by atoms with Crippen LogP contribution in [-0.2, 0) is 0 Å². The lowest BCUT2D eigenvalue weighted by Crippen LogP contribution is -2.65. The maximum absolute atomic E-state index is 15.8. The van der Waals surface area contributed by atoms with Crippen molar-refractivity contribution >= 4 is 29.5 Å². The van der Waals surface area contributed by atoms with E-state index in [1.807, 2.05) is 24.3 Å². The quantitative estimate of drug-likeness (QED) is 0.0847. The third kappa shape index (κ3) is 8.89. The minimum atomic E-state index is -4.49. The van der Waals surface area contributed by atoms with E-state index in [0.717, 1.165) is 98.8 Å². The van der Waals surface area contributed by atoms with Crippen LogP contribution in [0.5, 0.6) is 5.75 Å². The van der Waals surface area contributed by atoms with Crippen molar-refractivity contribution in [1.29, 1.82) is 0 Å². The smallest absolute Gasteiger partial charge is 0.598 e. The van der Waals surface area contributed by atoms with E-state index >= 15 is 8.63 Å². The van der Waals surface area contributed by atoms with Crippen LogP contribution in [0.25, 0.3) is 22.6 Å². The third-order valence-electron chi connectivity index (χ3n) is 9.71. The Morgan fingerprint density at radius 3 is 1.62 bits per heavy atom. The second-order valence-electron chi connectivity index (χ2n) is 13.8. The molecule has 4 aromatic carbocycles. The fraction of sp³-hybridized carbons (Fsp3) is 0.356. The summed E-state index contributed by atoms with van der Waals surface area (Å²) in [7, 11) is -4.49.